The van der Waals surface area contributed by atoms with Gasteiger partial charge in [0.2, 0.25) is 0 Å². The molecule has 256 valence electrons. The smallest absolute Gasteiger partial charge is 0.0626 e. The molecule has 0 aromatic heterocycles. The van der Waals surface area contributed by atoms with Gasteiger partial charge in [0.05, 0.1) is 11.4 Å². The van der Waals surface area contributed by atoms with Gasteiger partial charge in [-0.25, -0.2) is 0 Å². The summed E-state index contributed by atoms with van der Waals surface area (Å²) in [5, 5.41) is 7.29. The number of anilines is 6. The van der Waals surface area contributed by atoms with Crippen molar-refractivity contribution in [1.29, 1.82) is 0 Å². The van der Waals surface area contributed by atoms with E-state index in [1.807, 2.05) is 0 Å². The zero-order valence-electron chi connectivity index (χ0n) is 29.5. The van der Waals surface area contributed by atoms with E-state index < -0.39 is 0 Å². The molecule has 0 aliphatic heterocycles. The van der Waals surface area contributed by atoms with Gasteiger partial charge in [0.1, 0.15) is 0 Å². The first kappa shape index (κ1) is 34.2. The van der Waals surface area contributed by atoms with Crippen LogP contribution in [0.4, 0.5) is 34.1 Å². The molecule has 52 heavy (non-hydrogen) atoms. The van der Waals surface area contributed by atoms with Gasteiger partial charge in [-0.2, -0.15) is 0 Å². The molecule has 0 unspecified atom stereocenters. The van der Waals surface area contributed by atoms with E-state index in [4.69, 9.17) is 0 Å². The van der Waals surface area contributed by atoms with E-state index in [0.29, 0.717) is 0 Å². The lowest BCUT2D eigenvalue weighted by molar-refractivity contribution is 0.919. The van der Waals surface area contributed by atoms with Crippen molar-refractivity contribution in [3.63, 3.8) is 0 Å². The highest BCUT2D eigenvalue weighted by atomic mass is 79.9. The normalized spacial score (nSPS) is 11.4. The SMILES string of the molecule is CCCc1ccccc1N(c1ccc(Br)cc1)c1c2ccccc2c(N(c2ccc(Br)cc2)c2ccccc2CCC)c2c1ccc1ccccc12. The molecule has 0 radical (unpaired) electrons. The minimum atomic E-state index is 0.990. The Labute approximate surface area is 323 Å². The molecule has 0 saturated heterocycles. The van der Waals surface area contributed by atoms with Crippen LogP contribution in [0.5, 0.6) is 0 Å². The molecule has 8 aromatic carbocycles. The molecule has 0 atom stereocenters. The summed E-state index contributed by atoms with van der Waals surface area (Å²) in [7, 11) is 0. The lowest BCUT2D eigenvalue weighted by atomic mass is 9.91. The monoisotopic (exact) mass is 802 g/mol. The van der Waals surface area contributed by atoms with Crippen molar-refractivity contribution in [3.8, 4) is 0 Å². The van der Waals surface area contributed by atoms with Crippen LogP contribution < -0.4 is 9.80 Å². The second kappa shape index (κ2) is 15.0. The van der Waals surface area contributed by atoms with Gasteiger partial charge in [0.15, 0.2) is 0 Å². The quantitative estimate of drug-likeness (QED) is 0.0772. The van der Waals surface area contributed by atoms with E-state index in [1.165, 1.54) is 66.2 Å². The minimum absolute atomic E-state index is 0.990. The Morgan fingerprint density at radius 1 is 0.404 bits per heavy atom. The zero-order chi connectivity index (χ0) is 35.6. The van der Waals surface area contributed by atoms with E-state index >= 15 is 0 Å². The maximum Gasteiger partial charge on any atom is 0.0626 e. The topological polar surface area (TPSA) is 6.48 Å². The number of para-hydroxylation sites is 2. The van der Waals surface area contributed by atoms with E-state index in [-0.39, 0.29) is 0 Å². The molecule has 8 rings (SSSR count). The molecule has 0 bridgehead atoms. The number of fused-ring (bicyclic) bond motifs is 4. The average molecular weight is 805 g/mol. The second-order valence-electron chi connectivity index (χ2n) is 13.3. The summed E-state index contributed by atoms with van der Waals surface area (Å²) >= 11 is 7.44. The van der Waals surface area contributed by atoms with Gasteiger partial charge < -0.3 is 9.80 Å². The summed E-state index contributed by atoms with van der Waals surface area (Å²) in [6.45, 7) is 4.53. The first-order valence-electron chi connectivity index (χ1n) is 18.2. The highest BCUT2D eigenvalue weighted by molar-refractivity contribution is 9.10. The van der Waals surface area contributed by atoms with Crippen LogP contribution in [0.3, 0.4) is 0 Å². The standard InChI is InChI=1S/C48H40Br2N2/c1-3-13-34-16-6-11-21-44(34)51(38-28-24-36(49)25-29-38)47-41-19-9-10-20-42(41)48(46-40-18-8-5-15-33(40)23-32-43(46)47)52(39-30-26-37(50)27-31-39)45-22-12-7-17-35(45)14-4-2/h5-12,15-32H,3-4,13-14H2,1-2H3. The Balaban J connectivity index is 1.58. The molecule has 4 heteroatoms. The predicted molar refractivity (Wildman–Crippen MR) is 232 cm³/mol. The van der Waals surface area contributed by atoms with Crippen LogP contribution in [0.2, 0.25) is 0 Å². The van der Waals surface area contributed by atoms with Crippen LogP contribution in [0.1, 0.15) is 37.8 Å². The summed E-state index contributed by atoms with van der Waals surface area (Å²) in [4.78, 5) is 5.03. The van der Waals surface area contributed by atoms with Crippen LogP contribution >= 0.6 is 31.9 Å². The van der Waals surface area contributed by atoms with Crippen molar-refractivity contribution < 1.29 is 0 Å². The van der Waals surface area contributed by atoms with Gasteiger partial charge in [0.25, 0.3) is 0 Å². The van der Waals surface area contributed by atoms with Gasteiger partial charge in [-0.1, -0.05) is 156 Å². The molecule has 0 saturated carbocycles. The van der Waals surface area contributed by atoms with Crippen molar-refractivity contribution in [2.45, 2.75) is 39.5 Å². The van der Waals surface area contributed by atoms with Gasteiger partial charge in [0, 0.05) is 53.2 Å². The predicted octanol–water partition coefficient (Wildman–Crippen LogP) is 15.5. The minimum Gasteiger partial charge on any atom is -0.309 e. The first-order chi connectivity index (χ1) is 25.6. The molecule has 2 nitrogen and oxygen atoms in total. The van der Waals surface area contributed by atoms with Gasteiger partial charge in [-0.3, -0.25) is 0 Å². The molecule has 0 aliphatic carbocycles. The van der Waals surface area contributed by atoms with E-state index in [9.17, 15) is 0 Å². The number of benzene rings is 8. The summed E-state index contributed by atoms with van der Waals surface area (Å²) in [6.07, 6.45) is 4.11. The van der Waals surface area contributed by atoms with Crippen molar-refractivity contribution in [3.05, 3.63) is 178 Å². The number of nitrogens with zero attached hydrogens (tertiary/aromatic N) is 2. The summed E-state index contributed by atoms with van der Waals surface area (Å²) < 4.78 is 2.12. The Kier molecular flexibility index (Phi) is 9.86. The first-order valence-corrected chi connectivity index (χ1v) is 19.8. The Hall–Kier alpha value is -4.90. The number of hydrogen-bond acceptors (Lipinski definition) is 2. The van der Waals surface area contributed by atoms with Crippen LogP contribution in [-0.2, 0) is 12.8 Å². The maximum absolute atomic E-state index is 3.72. The number of aryl methyl sites for hydroxylation is 2. The fraction of sp³-hybridized carbons (Fsp3) is 0.125. The molecular formula is C48H40Br2N2. The third kappa shape index (κ3) is 6.29. The molecule has 0 aliphatic rings. The van der Waals surface area contributed by atoms with Crippen molar-refractivity contribution in [1.82, 2.24) is 0 Å². The Morgan fingerprint density at radius 3 is 1.38 bits per heavy atom. The molecule has 0 N–H and O–H groups in total. The van der Waals surface area contributed by atoms with Crippen molar-refractivity contribution in [2.24, 2.45) is 0 Å². The second-order valence-corrected chi connectivity index (χ2v) is 15.2. The highest BCUT2D eigenvalue weighted by Crippen LogP contribution is 2.53. The molecule has 0 amide bonds. The highest BCUT2D eigenvalue weighted by Gasteiger charge is 2.28. The van der Waals surface area contributed by atoms with Crippen molar-refractivity contribution in [2.75, 3.05) is 9.80 Å². The van der Waals surface area contributed by atoms with Gasteiger partial charge in [-0.05, 0) is 95.4 Å². The Morgan fingerprint density at radius 2 is 0.846 bits per heavy atom. The van der Waals surface area contributed by atoms with Crippen molar-refractivity contribution >= 4 is 98.3 Å². The van der Waals surface area contributed by atoms with Crippen LogP contribution in [-0.4, -0.2) is 0 Å². The summed E-state index contributed by atoms with van der Waals surface area (Å²) in [5.41, 5.74) is 9.70. The number of hydrogen-bond donors (Lipinski definition) is 0. The van der Waals surface area contributed by atoms with Gasteiger partial charge in [-0.15, -0.1) is 0 Å². The average Bonchev–Trinajstić information content (AvgIpc) is 3.18. The Bertz CT molecular complexity index is 2520. The third-order valence-electron chi connectivity index (χ3n) is 9.98. The zero-order valence-corrected chi connectivity index (χ0v) is 32.7. The fourth-order valence-electron chi connectivity index (χ4n) is 7.75. The van der Waals surface area contributed by atoms with E-state index in [2.05, 4.69) is 213 Å². The van der Waals surface area contributed by atoms with Gasteiger partial charge >= 0.3 is 0 Å². The van der Waals surface area contributed by atoms with E-state index in [1.54, 1.807) is 0 Å². The fourth-order valence-corrected chi connectivity index (χ4v) is 8.28. The van der Waals surface area contributed by atoms with Crippen LogP contribution in [0.25, 0.3) is 32.3 Å². The summed E-state index contributed by atoms with van der Waals surface area (Å²) in [5.74, 6) is 0. The molecule has 0 heterocycles. The lowest BCUT2D eigenvalue weighted by Gasteiger charge is -2.34. The molecular weight excluding hydrogens is 764 g/mol. The summed E-state index contributed by atoms with van der Waals surface area (Å²) in [6, 6.07) is 58.0. The largest absolute Gasteiger partial charge is 0.309 e. The molecule has 8 aromatic rings. The third-order valence-corrected chi connectivity index (χ3v) is 11.0. The molecule has 0 spiro atoms. The number of halogens is 2. The van der Waals surface area contributed by atoms with E-state index in [0.717, 1.165) is 46.0 Å². The molecule has 0 fully saturated rings. The van der Waals surface area contributed by atoms with Crippen LogP contribution in [0.15, 0.2) is 167 Å². The van der Waals surface area contributed by atoms with Crippen LogP contribution in [0, 0.1) is 0 Å². The number of rotatable bonds is 10. The maximum atomic E-state index is 3.72. The lowest BCUT2D eigenvalue weighted by Crippen LogP contribution is -2.16.